The van der Waals surface area contributed by atoms with Crippen molar-refractivity contribution in [1.82, 2.24) is 9.80 Å². The van der Waals surface area contributed by atoms with Gasteiger partial charge in [-0.05, 0) is 13.1 Å². The van der Waals surface area contributed by atoms with Crippen molar-refractivity contribution in [2.45, 2.75) is 0 Å². The molecule has 0 atom stereocenters. The topological polar surface area (TPSA) is 86.7 Å². The number of hydrogen-bond donors (Lipinski definition) is 0. The molecule has 0 saturated carbocycles. The minimum atomic E-state index is -0.563. The molecule has 2 aromatic carbocycles. The van der Waals surface area contributed by atoms with E-state index in [0.717, 1.165) is 13.1 Å². The summed E-state index contributed by atoms with van der Waals surface area (Å²) < 4.78 is 6.59. The van der Waals surface area contributed by atoms with Crippen LogP contribution in [0.25, 0.3) is 22.1 Å². The van der Waals surface area contributed by atoms with Crippen LogP contribution in [-0.2, 0) is 0 Å². The van der Waals surface area contributed by atoms with E-state index in [0.29, 0.717) is 22.6 Å². The Morgan fingerprint density at radius 2 is 1.61 bits per heavy atom. The summed E-state index contributed by atoms with van der Waals surface area (Å²) in [6.45, 7) is 2.51. The van der Waals surface area contributed by atoms with Crippen molar-refractivity contribution < 1.29 is 19.0 Å². The van der Waals surface area contributed by atoms with Gasteiger partial charge in [-0.15, -0.1) is 0 Å². The summed E-state index contributed by atoms with van der Waals surface area (Å²) in [4.78, 5) is 16.2. The zero-order valence-corrected chi connectivity index (χ0v) is 16.4. The van der Waals surface area contributed by atoms with Gasteiger partial charge in [-0.2, -0.15) is 9.46 Å². The highest BCUT2D eigenvalue weighted by atomic mass is 35.5. The molecule has 1 amide bonds. The van der Waals surface area contributed by atoms with Gasteiger partial charge in [0, 0.05) is 44.4 Å². The molecule has 2 heterocycles. The van der Waals surface area contributed by atoms with Crippen LogP contribution in [0.2, 0.25) is 10.0 Å². The first kappa shape index (κ1) is 18.8. The number of benzene rings is 2. The predicted octanol–water partition coefficient (Wildman–Crippen LogP) is 2.31. The number of piperazine rings is 1. The fourth-order valence-electron chi connectivity index (χ4n) is 3.21. The number of amides is 1. The molecule has 0 unspecified atom stereocenters. The lowest BCUT2D eigenvalue weighted by Crippen LogP contribution is -2.48. The third-order valence-corrected chi connectivity index (χ3v) is 5.54. The number of ether oxygens (including phenoxy) is 1. The largest absolute Gasteiger partial charge is 0.617 e. The lowest BCUT2D eigenvalue weighted by Gasteiger charge is -2.31. The van der Waals surface area contributed by atoms with Gasteiger partial charge in [0.05, 0.1) is 10.0 Å². The van der Waals surface area contributed by atoms with Crippen LogP contribution in [0.1, 0.15) is 0 Å². The number of likely N-dealkylation sites (N-methyl/N-ethyl adjacent to an activating group) is 1. The number of para-hydroxylation sites is 1. The van der Waals surface area contributed by atoms with Gasteiger partial charge in [0.15, 0.2) is 0 Å². The van der Waals surface area contributed by atoms with Gasteiger partial charge in [-0.3, -0.25) is 0 Å². The average Bonchev–Trinajstić information content (AvgIpc) is 2.68. The minimum Gasteiger partial charge on any atom is -0.617 e. The number of halogens is 2. The van der Waals surface area contributed by atoms with Crippen molar-refractivity contribution in [2.24, 2.45) is 0 Å². The summed E-state index contributed by atoms with van der Waals surface area (Å²) in [5.74, 6) is 0.00833. The summed E-state index contributed by atoms with van der Waals surface area (Å²) >= 11 is 12.0. The molecule has 0 spiro atoms. The van der Waals surface area contributed by atoms with Crippen LogP contribution in [0.15, 0.2) is 30.3 Å². The van der Waals surface area contributed by atoms with E-state index in [1.807, 2.05) is 7.05 Å². The maximum absolute atomic E-state index is 13.0. The quantitative estimate of drug-likeness (QED) is 0.341. The molecule has 1 aliphatic heterocycles. The molecule has 8 nitrogen and oxygen atoms in total. The fourth-order valence-corrected chi connectivity index (χ4v) is 3.53. The van der Waals surface area contributed by atoms with Crippen molar-refractivity contribution in [1.29, 1.82) is 0 Å². The van der Waals surface area contributed by atoms with Gasteiger partial charge >= 0.3 is 11.6 Å². The Bertz CT molecular complexity index is 1100. The Morgan fingerprint density at radius 1 is 1.00 bits per heavy atom. The lowest BCUT2D eigenvalue weighted by atomic mass is 10.2. The molecule has 1 saturated heterocycles. The highest BCUT2D eigenvalue weighted by molar-refractivity contribution is 6.42. The number of rotatable bonds is 1. The summed E-state index contributed by atoms with van der Waals surface area (Å²) in [6, 6.07) is 7.16. The van der Waals surface area contributed by atoms with Gasteiger partial charge < -0.3 is 25.0 Å². The number of fused-ring (bicyclic) bond motifs is 2. The van der Waals surface area contributed by atoms with E-state index in [4.69, 9.17) is 27.9 Å². The fraction of sp³-hybridized carbons (Fsp3) is 0.278. The molecule has 1 fully saturated rings. The second-order valence-corrected chi connectivity index (χ2v) is 7.44. The van der Waals surface area contributed by atoms with E-state index in [-0.39, 0.29) is 37.9 Å². The molecule has 28 heavy (non-hydrogen) atoms. The standard InChI is InChI=1S/C18H16Cl2N4O4/c1-21-5-7-22(8-6-21)18(25)28-16-4-2-3-13-17(16)24(27)15-10-12(20)11(19)9-14(15)23(13)26/h2-4,9-10H,5-8H2,1H3. The maximum atomic E-state index is 13.0. The molecule has 0 aliphatic carbocycles. The molecule has 0 N–H and O–H groups in total. The molecule has 1 aromatic heterocycles. The van der Waals surface area contributed by atoms with Crippen molar-refractivity contribution >= 4 is 51.4 Å². The average molecular weight is 423 g/mol. The Labute approximate surface area is 170 Å². The zero-order chi connectivity index (χ0) is 20.0. The summed E-state index contributed by atoms with van der Waals surface area (Å²) in [5.41, 5.74) is 0.106. The number of nitrogens with zero attached hydrogens (tertiary/aromatic N) is 4. The summed E-state index contributed by atoms with van der Waals surface area (Å²) in [5, 5.41) is 26.1. The third kappa shape index (κ3) is 3.13. The highest BCUT2D eigenvalue weighted by Crippen LogP contribution is 2.28. The van der Waals surface area contributed by atoms with Crippen LogP contribution in [0.5, 0.6) is 5.75 Å². The minimum absolute atomic E-state index is 0.00833. The molecular formula is C18H16Cl2N4O4. The van der Waals surface area contributed by atoms with E-state index < -0.39 is 6.09 Å². The molecule has 0 bridgehead atoms. The number of aromatic nitrogens is 2. The van der Waals surface area contributed by atoms with Gasteiger partial charge in [0.25, 0.3) is 16.6 Å². The lowest BCUT2D eigenvalue weighted by molar-refractivity contribution is -0.591. The van der Waals surface area contributed by atoms with Gasteiger partial charge in [0.1, 0.15) is 0 Å². The van der Waals surface area contributed by atoms with Crippen LogP contribution in [0, 0.1) is 10.4 Å². The zero-order valence-electron chi connectivity index (χ0n) is 14.9. The van der Waals surface area contributed by atoms with Gasteiger partial charge in [0.2, 0.25) is 5.75 Å². The van der Waals surface area contributed by atoms with Crippen LogP contribution >= 0.6 is 23.2 Å². The number of carbonyl (C=O) groups is 1. The maximum Gasteiger partial charge on any atom is 0.415 e. The van der Waals surface area contributed by atoms with Crippen LogP contribution < -0.4 is 14.2 Å². The van der Waals surface area contributed by atoms with Crippen LogP contribution in [-0.4, -0.2) is 49.1 Å². The summed E-state index contributed by atoms with van der Waals surface area (Å²) in [6.07, 6.45) is -0.563. The first-order chi connectivity index (χ1) is 13.4. The Balaban J connectivity index is 1.81. The van der Waals surface area contributed by atoms with Crippen molar-refractivity contribution in [2.75, 3.05) is 33.2 Å². The first-order valence-electron chi connectivity index (χ1n) is 8.58. The van der Waals surface area contributed by atoms with E-state index in [2.05, 4.69) is 4.90 Å². The Kier molecular flexibility index (Phi) is 4.78. The van der Waals surface area contributed by atoms with Crippen molar-refractivity contribution in [3.05, 3.63) is 50.8 Å². The molecule has 10 heteroatoms. The van der Waals surface area contributed by atoms with Crippen LogP contribution in [0.3, 0.4) is 0 Å². The van der Waals surface area contributed by atoms with Crippen molar-refractivity contribution in [3.8, 4) is 5.75 Å². The van der Waals surface area contributed by atoms with Crippen molar-refractivity contribution in [3.63, 3.8) is 0 Å². The van der Waals surface area contributed by atoms with E-state index >= 15 is 0 Å². The molecule has 1 aliphatic rings. The van der Waals surface area contributed by atoms with Gasteiger partial charge in [-0.25, -0.2) is 4.79 Å². The third-order valence-electron chi connectivity index (χ3n) is 4.81. The normalized spacial score (nSPS) is 15.3. The van der Waals surface area contributed by atoms with Crippen LogP contribution in [0.4, 0.5) is 4.79 Å². The highest BCUT2D eigenvalue weighted by Gasteiger charge is 2.28. The predicted molar refractivity (Wildman–Crippen MR) is 104 cm³/mol. The first-order valence-corrected chi connectivity index (χ1v) is 9.34. The molecule has 146 valence electrons. The molecule has 4 rings (SSSR count). The molecule has 3 aromatic rings. The number of carbonyl (C=O) groups excluding carboxylic acids is 1. The van der Waals surface area contributed by atoms with E-state index in [1.54, 1.807) is 11.0 Å². The summed E-state index contributed by atoms with van der Waals surface area (Å²) in [7, 11) is 1.98. The molecular weight excluding hydrogens is 407 g/mol. The van der Waals surface area contributed by atoms with E-state index in [9.17, 15) is 15.2 Å². The second kappa shape index (κ2) is 7.12. The monoisotopic (exact) mass is 422 g/mol. The number of hydrogen-bond acceptors (Lipinski definition) is 5. The molecule has 0 radical (unpaired) electrons. The Hall–Kier alpha value is -2.55. The second-order valence-electron chi connectivity index (χ2n) is 6.63. The van der Waals surface area contributed by atoms with E-state index in [1.165, 1.54) is 24.3 Å². The smallest absolute Gasteiger partial charge is 0.415 e. The Morgan fingerprint density at radius 3 is 2.25 bits per heavy atom. The van der Waals surface area contributed by atoms with Gasteiger partial charge in [-0.1, -0.05) is 29.3 Å². The SMILES string of the molecule is CN1CCN(C(=O)Oc2cccc3c2[n+]([O-])c2cc(Cl)c(Cl)cc2[n+]3[O-])CC1.